The summed E-state index contributed by atoms with van der Waals surface area (Å²) >= 11 is 0. The smallest absolute Gasteiger partial charge is 0.125 e. The van der Waals surface area contributed by atoms with Crippen LogP contribution in [-0.2, 0) is 19.4 Å². The fourth-order valence-corrected chi connectivity index (χ4v) is 3.98. The van der Waals surface area contributed by atoms with Gasteiger partial charge in [0.15, 0.2) is 0 Å². The first kappa shape index (κ1) is 18.1. The first-order valence-corrected chi connectivity index (χ1v) is 9.66. The Balaban J connectivity index is 1.66. The maximum absolute atomic E-state index is 4.76. The lowest BCUT2D eigenvalue weighted by atomic mass is 9.91. The highest BCUT2D eigenvalue weighted by Gasteiger charge is 2.22. The van der Waals surface area contributed by atoms with Crippen LogP contribution in [0.1, 0.15) is 53.7 Å². The molecule has 0 spiro atoms. The fourth-order valence-electron chi connectivity index (χ4n) is 3.98. The van der Waals surface area contributed by atoms with E-state index in [4.69, 9.17) is 4.98 Å². The molecule has 25 heavy (non-hydrogen) atoms. The van der Waals surface area contributed by atoms with Gasteiger partial charge in [0, 0.05) is 24.5 Å². The molecule has 0 saturated carbocycles. The SMILES string of the molecule is CCc1nc(C)nc(CC2CCCN(Cc3ccc(C)cc3)C2)c1C. The van der Waals surface area contributed by atoms with Crippen LogP contribution in [-0.4, -0.2) is 28.0 Å². The summed E-state index contributed by atoms with van der Waals surface area (Å²) < 4.78 is 0. The molecule has 1 fully saturated rings. The van der Waals surface area contributed by atoms with Crippen molar-refractivity contribution in [3.63, 3.8) is 0 Å². The summed E-state index contributed by atoms with van der Waals surface area (Å²) in [6.45, 7) is 12.0. The molecular formula is C22H31N3. The highest BCUT2D eigenvalue weighted by Crippen LogP contribution is 2.24. The standard InChI is InChI=1S/C22H31N3/c1-5-21-17(3)22(24-18(4)23-21)13-20-7-6-12-25(15-20)14-19-10-8-16(2)9-11-19/h8-11,20H,5-7,12-15H2,1-4H3. The first-order chi connectivity index (χ1) is 12.0. The van der Waals surface area contributed by atoms with Crippen molar-refractivity contribution in [3.8, 4) is 0 Å². The van der Waals surface area contributed by atoms with Crippen LogP contribution in [0.5, 0.6) is 0 Å². The molecule has 3 rings (SSSR count). The van der Waals surface area contributed by atoms with Gasteiger partial charge in [-0.2, -0.15) is 0 Å². The zero-order valence-electron chi connectivity index (χ0n) is 16.2. The minimum atomic E-state index is 0.705. The van der Waals surface area contributed by atoms with Crippen molar-refractivity contribution in [2.45, 2.75) is 59.9 Å². The Morgan fingerprint density at radius 2 is 1.76 bits per heavy atom. The van der Waals surface area contributed by atoms with E-state index in [1.807, 2.05) is 6.92 Å². The predicted octanol–water partition coefficient (Wildman–Crippen LogP) is 4.42. The number of hydrogen-bond acceptors (Lipinski definition) is 3. The molecule has 1 unspecified atom stereocenters. The monoisotopic (exact) mass is 337 g/mol. The second kappa shape index (κ2) is 8.09. The lowest BCUT2D eigenvalue weighted by Gasteiger charge is -2.33. The highest BCUT2D eigenvalue weighted by atomic mass is 15.1. The van der Waals surface area contributed by atoms with Crippen LogP contribution in [0.25, 0.3) is 0 Å². The summed E-state index contributed by atoms with van der Waals surface area (Å²) in [4.78, 5) is 12.0. The Morgan fingerprint density at radius 3 is 2.48 bits per heavy atom. The van der Waals surface area contributed by atoms with Crippen LogP contribution >= 0.6 is 0 Å². The molecule has 0 bridgehead atoms. The largest absolute Gasteiger partial charge is 0.299 e. The molecule has 0 N–H and O–H groups in total. The lowest BCUT2D eigenvalue weighted by Crippen LogP contribution is -2.36. The number of piperidine rings is 1. The number of aromatic nitrogens is 2. The van der Waals surface area contributed by atoms with Crippen LogP contribution < -0.4 is 0 Å². The van der Waals surface area contributed by atoms with Gasteiger partial charge in [0.25, 0.3) is 0 Å². The van der Waals surface area contributed by atoms with E-state index in [2.05, 4.69) is 54.9 Å². The average molecular weight is 338 g/mol. The number of likely N-dealkylation sites (tertiary alicyclic amines) is 1. The molecule has 1 aliphatic rings. The Kier molecular flexibility index (Phi) is 5.85. The number of rotatable bonds is 5. The topological polar surface area (TPSA) is 29.0 Å². The van der Waals surface area contributed by atoms with E-state index < -0.39 is 0 Å². The molecule has 0 aliphatic carbocycles. The molecule has 134 valence electrons. The van der Waals surface area contributed by atoms with Gasteiger partial charge < -0.3 is 0 Å². The van der Waals surface area contributed by atoms with Gasteiger partial charge in [-0.05, 0) is 70.0 Å². The van der Waals surface area contributed by atoms with Gasteiger partial charge in [0.1, 0.15) is 5.82 Å². The fraction of sp³-hybridized carbons (Fsp3) is 0.545. The number of nitrogens with zero attached hydrogens (tertiary/aromatic N) is 3. The van der Waals surface area contributed by atoms with E-state index in [9.17, 15) is 0 Å². The molecule has 1 saturated heterocycles. The summed E-state index contributed by atoms with van der Waals surface area (Å²) in [5.41, 5.74) is 6.56. The Bertz CT molecular complexity index is 706. The van der Waals surface area contributed by atoms with Crippen molar-refractivity contribution < 1.29 is 0 Å². The molecule has 3 heteroatoms. The third-order valence-corrected chi connectivity index (χ3v) is 5.41. The van der Waals surface area contributed by atoms with Crippen molar-refractivity contribution in [2.24, 2.45) is 5.92 Å². The minimum Gasteiger partial charge on any atom is -0.299 e. The van der Waals surface area contributed by atoms with Gasteiger partial charge >= 0.3 is 0 Å². The number of hydrogen-bond donors (Lipinski definition) is 0. The first-order valence-electron chi connectivity index (χ1n) is 9.66. The van der Waals surface area contributed by atoms with Crippen LogP contribution in [0.4, 0.5) is 0 Å². The molecule has 2 aromatic rings. The molecule has 1 aromatic carbocycles. The summed E-state index contributed by atoms with van der Waals surface area (Å²) in [6, 6.07) is 8.97. The van der Waals surface area contributed by atoms with E-state index in [0.717, 1.165) is 25.2 Å². The predicted molar refractivity (Wildman–Crippen MR) is 104 cm³/mol. The third kappa shape index (κ3) is 4.66. The van der Waals surface area contributed by atoms with Gasteiger partial charge in [0.05, 0.1) is 0 Å². The second-order valence-corrected chi connectivity index (χ2v) is 7.58. The van der Waals surface area contributed by atoms with Crippen LogP contribution in [0.15, 0.2) is 24.3 Å². The van der Waals surface area contributed by atoms with Crippen LogP contribution in [0, 0.1) is 26.7 Å². The van der Waals surface area contributed by atoms with Gasteiger partial charge in [-0.3, -0.25) is 4.90 Å². The minimum absolute atomic E-state index is 0.705. The molecule has 0 amide bonds. The maximum Gasteiger partial charge on any atom is 0.125 e. The summed E-state index contributed by atoms with van der Waals surface area (Å²) in [7, 11) is 0. The zero-order chi connectivity index (χ0) is 17.8. The van der Waals surface area contributed by atoms with E-state index in [1.165, 1.54) is 54.0 Å². The average Bonchev–Trinajstić information content (AvgIpc) is 2.60. The molecule has 1 atom stereocenters. The van der Waals surface area contributed by atoms with Crippen molar-refractivity contribution in [1.82, 2.24) is 14.9 Å². The maximum atomic E-state index is 4.76. The molecule has 1 aromatic heterocycles. The number of benzene rings is 1. The summed E-state index contributed by atoms with van der Waals surface area (Å²) in [5.74, 6) is 1.63. The normalized spacial score (nSPS) is 18.5. The molecular weight excluding hydrogens is 306 g/mol. The van der Waals surface area contributed by atoms with Gasteiger partial charge in [-0.15, -0.1) is 0 Å². The zero-order valence-corrected chi connectivity index (χ0v) is 16.2. The summed E-state index contributed by atoms with van der Waals surface area (Å²) in [5, 5.41) is 0. The number of aryl methyl sites for hydroxylation is 3. The summed E-state index contributed by atoms with van der Waals surface area (Å²) in [6.07, 6.45) is 4.69. The van der Waals surface area contributed by atoms with Gasteiger partial charge in [-0.1, -0.05) is 36.8 Å². The van der Waals surface area contributed by atoms with E-state index >= 15 is 0 Å². The Morgan fingerprint density at radius 1 is 1.04 bits per heavy atom. The van der Waals surface area contributed by atoms with Gasteiger partial charge in [-0.25, -0.2) is 9.97 Å². The van der Waals surface area contributed by atoms with Crippen molar-refractivity contribution in [1.29, 1.82) is 0 Å². The van der Waals surface area contributed by atoms with Crippen LogP contribution in [0.3, 0.4) is 0 Å². The molecule has 0 radical (unpaired) electrons. The molecule has 2 heterocycles. The van der Waals surface area contributed by atoms with Gasteiger partial charge in [0.2, 0.25) is 0 Å². The van der Waals surface area contributed by atoms with Crippen molar-refractivity contribution in [2.75, 3.05) is 13.1 Å². The molecule has 1 aliphatic heterocycles. The van der Waals surface area contributed by atoms with Crippen molar-refractivity contribution >= 4 is 0 Å². The molecule has 3 nitrogen and oxygen atoms in total. The van der Waals surface area contributed by atoms with Crippen LogP contribution in [0.2, 0.25) is 0 Å². The second-order valence-electron chi connectivity index (χ2n) is 7.58. The third-order valence-electron chi connectivity index (χ3n) is 5.41. The van der Waals surface area contributed by atoms with E-state index in [1.54, 1.807) is 0 Å². The highest BCUT2D eigenvalue weighted by molar-refractivity contribution is 5.25. The quantitative estimate of drug-likeness (QED) is 0.809. The van der Waals surface area contributed by atoms with E-state index in [0.29, 0.717) is 5.92 Å². The van der Waals surface area contributed by atoms with Crippen molar-refractivity contribution in [3.05, 3.63) is 58.2 Å². The Hall–Kier alpha value is -1.74. The Labute approximate surface area is 152 Å². The van der Waals surface area contributed by atoms with E-state index in [-0.39, 0.29) is 0 Å². The lowest BCUT2D eigenvalue weighted by molar-refractivity contribution is 0.166.